The minimum atomic E-state index is -0.231. The molecule has 28 heavy (non-hydrogen) atoms. The Morgan fingerprint density at radius 2 is 1.82 bits per heavy atom. The summed E-state index contributed by atoms with van der Waals surface area (Å²) in [6.07, 6.45) is 0.138. The van der Waals surface area contributed by atoms with Crippen LogP contribution in [0.25, 0.3) is 0 Å². The number of amides is 2. The van der Waals surface area contributed by atoms with Crippen LogP contribution < -0.4 is 15.4 Å². The number of halogens is 1. The van der Waals surface area contributed by atoms with E-state index in [0.29, 0.717) is 40.3 Å². The zero-order valence-electron chi connectivity index (χ0n) is 14.9. The number of hydrogen-bond donors (Lipinski definition) is 2. The number of anilines is 1. The SMILES string of the molecule is O=C(Cc1csc(NC(=O)c2ccccc2)n1)NCCOc1ccc(Cl)cc1. The van der Waals surface area contributed by atoms with Crippen molar-refractivity contribution in [1.29, 1.82) is 0 Å². The monoisotopic (exact) mass is 415 g/mol. The van der Waals surface area contributed by atoms with E-state index in [1.807, 2.05) is 6.07 Å². The molecule has 1 heterocycles. The maximum atomic E-state index is 12.1. The molecule has 0 saturated carbocycles. The second kappa shape index (κ2) is 9.87. The highest BCUT2D eigenvalue weighted by atomic mass is 35.5. The van der Waals surface area contributed by atoms with Gasteiger partial charge in [0.25, 0.3) is 5.91 Å². The Hall–Kier alpha value is -2.90. The quantitative estimate of drug-likeness (QED) is 0.548. The van der Waals surface area contributed by atoms with Gasteiger partial charge in [0.2, 0.25) is 5.91 Å². The van der Waals surface area contributed by atoms with Crippen LogP contribution in [0.2, 0.25) is 5.02 Å². The molecule has 0 aliphatic rings. The van der Waals surface area contributed by atoms with E-state index in [0.717, 1.165) is 0 Å². The highest BCUT2D eigenvalue weighted by Gasteiger charge is 2.11. The zero-order valence-corrected chi connectivity index (χ0v) is 16.4. The lowest BCUT2D eigenvalue weighted by molar-refractivity contribution is -0.120. The Morgan fingerprint density at radius 3 is 2.57 bits per heavy atom. The number of thiazole rings is 1. The Labute approximate surface area is 171 Å². The number of nitrogens with zero attached hydrogens (tertiary/aromatic N) is 1. The Balaban J connectivity index is 1.40. The maximum absolute atomic E-state index is 12.1. The average Bonchev–Trinajstić information content (AvgIpc) is 3.14. The molecule has 2 amide bonds. The number of nitrogens with one attached hydrogen (secondary N) is 2. The van der Waals surface area contributed by atoms with Crippen LogP contribution in [0.15, 0.2) is 60.0 Å². The van der Waals surface area contributed by atoms with Crippen LogP contribution in [0.5, 0.6) is 5.75 Å². The summed E-state index contributed by atoms with van der Waals surface area (Å²) in [6.45, 7) is 0.728. The first-order chi connectivity index (χ1) is 13.6. The van der Waals surface area contributed by atoms with Crippen molar-refractivity contribution in [3.63, 3.8) is 0 Å². The Morgan fingerprint density at radius 1 is 1.07 bits per heavy atom. The van der Waals surface area contributed by atoms with E-state index in [2.05, 4.69) is 15.6 Å². The van der Waals surface area contributed by atoms with Gasteiger partial charge in [-0.15, -0.1) is 11.3 Å². The van der Waals surface area contributed by atoms with E-state index >= 15 is 0 Å². The van der Waals surface area contributed by atoms with Gasteiger partial charge in [0.1, 0.15) is 12.4 Å². The number of aromatic nitrogens is 1. The van der Waals surface area contributed by atoms with Crippen molar-refractivity contribution in [1.82, 2.24) is 10.3 Å². The summed E-state index contributed by atoms with van der Waals surface area (Å²) in [5, 5.41) is 8.37. The minimum Gasteiger partial charge on any atom is -0.492 e. The summed E-state index contributed by atoms with van der Waals surface area (Å²) in [5.74, 6) is 0.299. The van der Waals surface area contributed by atoms with Crippen molar-refractivity contribution in [3.05, 3.63) is 76.3 Å². The van der Waals surface area contributed by atoms with E-state index in [1.165, 1.54) is 11.3 Å². The molecule has 3 rings (SSSR count). The number of carbonyl (C=O) groups is 2. The summed E-state index contributed by atoms with van der Waals surface area (Å²) in [6, 6.07) is 15.9. The van der Waals surface area contributed by atoms with E-state index in [-0.39, 0.29) is 18.2 Å². The maximum Gasteiger partial charge on any atom is 0.257 e. The molecule has 0 aliphatic carbocycles. The summed E-state index contributed by atoms with van der Waals surface area (Å²) in [7, 11) is 0. The molecule has 3 aromatic rings. The third-order valence-corrected chi connectivity index (χ3v) is 4.71. The number of hydrogen-bond acceptors (Lipinski definition) is 5. The summed E-state index contributed by atoms with van der Waals surface area (Å²) < 4.78 is 5.52. The molecule has 0 radical (unpaired) electrons. The van der Waals surface area contributed by atoms with Gasteiger partial charge in [0, 0.05) is 16.0 Å². The molecule has 1 aromatic heterocycles. The smallest absolute Gasteiger partial charge is 0.257 e. The molecule has 2 aromatic carbocycles. The van der Waals surface area contributed by atoms with Gasteiger partial charge in [0.05, 0.1) is 18.7 Å². The third kappa shape index (κ3) is 6.07. The molecule has 144 valence electrons. The number of benzene rings is 2. The standard InChI is InChI=1S/C20H18ClN3O3S/c21-15-6-8-17(9-7-15)27-11-10-22-18(25)12-16-13-28-20(23-16)24-19(26)14-4-2-1-3-5-14/h1-9,13H,10-12H2,(H,22,25)(H,23,24,26). The molecule has 2 N–H and O–H groups in total. The minimum absolute atomic E-state index is 0.138. The normalized spacial score (nSPS) is 10.3. The van der Waals surface area contributed by atoms with Gasteiger partial charge in [-0.3, -0.25) is 14.9 Å². The Bertz CT molecular complexity index is 929. The van der Waals surface area contributed by atoms with Crippen molar-refractivity contribution in [2.75, 3.05) is 18.5 Å². The second-order valence-corrected chi connectivity index (χ2v) is 7.09. The molecule has 8 heteroatoms. The summed E-state index contributed by atoms with van der Waals surface area (Å²) in [5.41, 5.74) is 1.15. The lowest BCUT2D eigenvalue weighted by Crippen LogP contribution is -2.29. The van der Waals surface area contributed by atoms with Gasteiger partial charge >= 0.3 is 0 Å². The van der Waals surface area contributed by atoms with Gasteiger partial charge in [-0.1, -0.05) is 29.8 Å². The van der Waals surface area contributed by atoms with Crippen LogP contribution in [0.4, 0.5) is 5.13 Å². The molecule has 0 aliphatic heterocycles. The molecule has 0 unspecified atom stereocenters. The average molecular weight is 416 g/mol. The van der Waals surface area contributed by atoms with E-state index in [4.69, 9.17) is 16.3 Å². The van der Waals surface area contributed by atoms with Crippen LogP contribution in [0, 0.1) is 0 Å². The second-order valence-electron chi connectivity index (χ2n) is 5.79. The van der Waals surface area contributed by atoms with Crippen LogP contribution in [0.1, 0.15) is 16.1 Å². The highest BCUT2D eigenvalue weighted by molar-refractivity contribution is 7.14. The van der Waals surface area contributed by atoms with Gasteiger partial charge in [-0.25, -0.2) is 4.98 Å². The predicted molar refractivity (Wildman–Crippen MR) is 110 cm³/mol. The number of ether oxygens (including phenoxy) is 1. The van der Waals surface area contributed by atoms with E-state index in [9.17, 15) is 9.59 Å². The lowest BCUT2D eigenvalue weighted by atomic mass is 10.2. The first-order valence-electron chi connectivity index (χ1n) is 8.56. The largest absolute Gasteiger partial charge is 0.492 e. The fourth-order valence-corrected chi connectivity index (χ4v) is 3.15. The molecule has 0 saturated heterocycles. The molecule has 0 bridgehead atoms. The first kappa shape index (κ1) is 19.9. The van der Waals surface area contributed by atoms with Gasteiger partial charge in [0.15, 0.2) is 5.13 Å². The van der Waals surface area contributed by atoms with Crippen LogP contribution in [0.3, 0.4) is 0 Å². The van der Waals surface area contributed by atoms with Gasteiger partial charge < -0.3 is 10.1 Å². The summed E-state index contributed by atoms with van der Waals surface area (Å²) >= 11 is 7.09. The van der Waals surface area contributed by atoms with Crippen molar-refractivity contribution in [2.45, 2.75) is 6.42 Å². The van der Waals surface area contributed by atoms with Crippen LogP contribution >= 0.6 is 22.9 Å². The lowest BCUT2D eigenvalue weighted by Gasteiger charge is -2.07. The summed E-state index contributed by atoms with van der Waals surface area (Å²) in [4.78, 5) is 28.4. The van der Waals surface area contributed by atoms with Crippen molar-refractivity contribution in [3.8, 4) is 5.75 Å². The third-order valence-electron chi connectivity index (χ3n) is 3.66. The first-order valence-corrected chi connectivity index (χ1v) is 9.82. The Kier molecular flexibility index (Phi) is 7.00. The zero-order chi connectivity index (χ0) is 19.8. The van der Waals surface area contributed by atoms with Crippen molar-refractivity contribution >= 4 is 39.9 Å². The van der Waals surface area contributed by atoms with Crippen LogP contribution in [-0.2, 0) is 11.2 Å². The molecular weight excluding hydrogens is 398 g/mol. The predicted octanol–water partition coefficient (Wildman–Crippen LogP) is 3.79. The fourth-order valence-electron chi connectivity index (χ4n) is 2.32. The van der Waals surface area contributed by atoms with Crippen molar-refractivity contribution in [2.24, 2.45) is 0 Å². The molecule has 6 nitrogen and oxygen atoms in total. The topological polar surface area (TPSA) is 80.3 Å². The van der Waals surface area contributed by atoms with Crippen LogP contribution in [-0.4, -0.2) is 29.9 Å². The molecule has 0 spiro atoms. The van der Waals surface area contributed by atoms with E-state index in [1.54, 1.807) is 53.9 Å². The molecular formula is C20H18ClN3O3S. The highest BCUT2D eigenvalue weighted by Crippen LogP contribution is 2.17. The molecule has 0 atom stereocenters. The fraction of sp³-hybridized carbons (Fsp3) is 0.150. The van der Waals surface area contributed by atoms with Gasteiger partial charge in [-0.05, 0) is 36.4 Å². The number of rotatable bonds is 8. The van der Waals surface area contributed by atoms with Gasteiger partial charge in [-0.2, -0.15) is 0 Å². The molecule has 0 fully saturated rings. The van der Waals surface area contributed by atoms with E-state index < -0.39 is 0 Å². The van der Waals surface area contributed by atoms with Crippen molar-refractivity contribution < 1.29 is 14.3 Å². The number of carbonyl (C=O) groups excluding carboxylic acids is 2.